The highest BCUT2D eigenvalue weighted by atomic mass is 32.1. The maximum Gasteiger partial charge on any atom is 0.295 e. The minimum absolute atomic E-state index is 0.0225. The quantitative estimate of drug-likeness (QED) is 0.465. The fourth-order valence-electron chi connectivity index (χ4n) is 4.51. The van der Waals surface area contributed by atoms with Gasteiger partial charge in [-0.15, -0.1) is 11.3 Å². The van der Waals surface area contributed by atoms with E-state index in [2.05, 4.69) is 0 Å². The molecule has 1 atom stereocenters. The highest BCUT2D eigenvalue weighted by Crippen LogP contribution is 2.45. The minimum Gasteiger partial charge on any atom is -0.507 e. The molecule has 2 fully saturated rings. The van der Waals surface area contributed by atoms with Gasteiger partial charge in [0, 0.05) is 16.5 Å². The fraction of sp³-hybridized carbons (Fsp3) is 0.364. The third-order valence-corrected chi connectivity index (χ3v) is 6.83. The van der Waals surface area contributed by atoms with E-state index in [0.29, 0.717) is 17.1 Å². The Bertz CT molecular complexity index is 991. The van der Waals surface area contributed by atoms with Crippen LogP contribution in [0.1, 0.15) is 48.6 Å². The number of aliphatic hydroxyl groups is 1. The molecule has 1 amide bonds. The molecule has 1 aliphatic carbocycles. The molecule has 0 radical (unpaired) electrons. The van der Waals surface area contributed by atoms with Gasteiger partial charge in [0.05, 0.1) is 11.6 Å². The summed E-state index contributed by atoms with van der Waals surface area (Å²) in [5.74, 6) is -0.192. The molecule has 1 unspecified atom stereocenters. The molecule has 29 heavy (non-hydrogen) atoms. The Kier molecular flexibility index (Phi) is 4.54. The first kappa shape index (κ1) is 18.2. The van der Waals surface area contributed by atoms with Gasteiger partial charge in [0.15, 0.2) is 11.5 Å². The van der Waals surface area contributed by atoms with Crippen LogP contribution in [0.4, 0.5) is 0 Å². The van der Waals surface area contributed by atoms with Gasteiger partial charge < -0.3 is 19.5 Å². The second-order valence-electron chi connectivity index (χ2n) is 7.58. The smallest absolute Gasteiger partial charge is 0.295 e. The van der Waals surface area contributed by atoms with Crippen molar-refractivity contribution in [2.75, 3.05) is 6.79 Å². The van der Waals surface area contributed by atoms with Gasteiger partial charge in [-0.05, 0) is 42.5 Å². The minimum atomic E-state index is -0.621. The van der Waals surface area contributed by atoms with Crippen molar-refractivity contribution in [3.63, 3.8) is 0 Å². The molecular formula is C22H21NO5S. The highest BCUT2D eigenvalue weighted by molar-refractivity contribution is 7.10. The lowest BCUT2D eigenvalue weighted by Crippen LogP contribution is -2.40. The molecule has 150 valence electrons. The number of likely N-dealkylation sites (tertiary alicyclic amines) is 1. The molecule has 2 aromatic rings. The zero-order valence-corrected chi connectivity index (χ0v) is 16.6. The van der Waals surface area contributed by atoms with Crippen molar-refractivity contribution in [2.24, 2.45) is 0 Å². The van der Waals surface area contributed by atoms with Gasteiger partial charge in [0.2, 0.25) is 6.79 Å². The fourth-order valence-corrected chi connectivity index (χ4v) is 5.34. The summed E-state index contributed by atoms with van der Waals surface area (Å²) < 4.78 is 10.7. The summed E-state index contributed by atoms with van der Waals surface area (Å²) in [5, 5.41) is 13.0. The van der Waals surface area contributed by atoms with Crippen LogP contribution in [-0.4, -0.2) is 34.5 Å². The van der Waals surface area contributed by atoms with Gasteiger partial charge >= 0.3 is 0 Å². The van der Waals surface area contributed by atoms with E-state index in [0.717, 1.165) is 37.0 Å². The van der Waals surface area contributed by atoms with Crippen molar-refractivity contribution in [3.8, 4) is 11.5 Å². The number of fused-ring (bicyclic) bond motifs is 1. The molecule has 1 aromatic carbocycles. The first-order valence-electron chi connectivity index (χ1n) is 9.88. The number of carbonyl (C=O) groups is 2. The standard InChI is InChI=1S/C22H21NO5S/c24-20(13-8-9-15-16(11-13)28-12-27-15)18-19(17-7-4-10-29-17)23(22(26)21(18)25)14-5-2-1-3-6-14/h4,7-11,14,19,24H,1-3,5-6,12H2/b20-18-. The van der Waals surface area contributed by atoms with Crippen LogP contribution in [0, 0.1) is 0 Å². The summed E-state index contributed by atoms with van der Waals surface area (Å²) in [4.78, 5) is 28.7. The van der Waals surface area contributed by atoms with Crippen molar-refractivity contribution in [1.82, 2.24) is 4.90 Å². The topological polar surface area (TPSA) is 76.1 Å². The average Bonchev–Trinajstić information content (AvgIpc) is 3.48. The van der Waals surface area contributed by atoms with Crippen LogP contribution >= 0.6 is 11.3 Å². The Morgan fingerprint density at radius 3 is 2.62 bits per heavy atom. The molecular weight excluding hydrogens is 390 g/mol. The molecule has 1 N–H and O–H groups in total. The summed E-state index contributed by atoms with van der Waals surface area (Å²) in [5.41, 5.74) is 0.597. The SMILES string of the molecule is O=C1C(=O)N(C2CCCCC2)C(c2cccs2)/C1=C(/O)c1ccc2c(c1)OCO2. The molecule has 5 rings (SSSR count). The highest BCUT2D eigenvalue weighted by Gasteiger charge is 2.49. The van der Waals surface area contributed by atoms with E-state index in [1.165, 1.54) is 11.3 Å². The summed E-state index contributed by atoms with van der Waals surface area (Å²) in [7, 11) is 0. The number of nitrogens with zero attached hydrogens (tertiary/aromatic N) is 1. The van der Waals surface area contributed by atoms with Crippen molar-refractivity contribution < 1.29 is 24.2 Å². The van der Waals surface area contributed by atoms with E-state index >= 15 is 0 Å². The largest absolute Gasteiger partial charge is 0.507 e. The first-order chi connectivity index (χ1) is 14.1. The van der Waals surface area contributed by atoms with Crippen LogP contribution in [0.5, 0.6) is 11.5 Å². The molecule has 3 heterocycles. The van der Waals surface area contributed by atoms with E-state index in [1.807, 2.05) is 17.5 Å². The van der Waals surface area contributed by atoms with Gasteiger partial charge in [-0.2, -0.15) is 0 Å². The summed E-state index contributed by atoms with van der Waals surface area (Å²) in [6, 6.07) is 8.33. The number of ketones is 1. The zero-order valence-electron chi connectivity index (χ0n) is 15.8. The van der Waals surface area contributed by atoms with Gasteiger partial charge in [-0.1, -0.05) is 25.3 Å². The number of thiophene rings is 1. The van der Waals surface area contributed by atoms with E-state index in [9.17, 15) is 14.7 Å². The van der Waals surface area contributed by atoms with Crippen molar-refractivity contribution in [2.45, 2.75) is 44.2 Å². The van der Waals surface area contributed by atoms with Crippen molar-refractivity contribution >= 4 is 28.8 Å². The number of benzene rings is 1. The van der Waals surface area contributed by atoms with Gasteiger partial charge in [0.25, 0.3) is 11.7 Å². The molecule has 6 nitrogen and oxygen atoms in total. The number of carbonyl (C=O) groups excluding carboxylic acids is 2. The lowest BCUT2D eigenvalue weighted by molar-refractivity contribution is -0.141. The molecule has 3 aliphatic rings. The van der Waals surface area contributed by atoms with E-state index in [1.54, 1.807) is 23.1 Å². The average molecular weight is 411 g/mol. The molecule has 1 saturated carbocycles. The molecule has 0 bridgehead atoms. The normalized spacial score (nSPS) is 23.7. The number of Topliss-reactive ketones (excluding diaryl/α,β-unsaturated/α-hetero) is 1. The molecule has 0 spiro atoms. The lowest BCUT2D eigenvalue weighted by atomic mass is 9.92. The molecule has 1 aromatic heterocycles. The molecule has 2 aliphatic heterocycles. The maximum absolute atomic E-state index is 13.1. The number of hydrogen-bond donors (Lipinski definition) is 1. The lowest BCUT2D eigenvalue weighted by Gasteiger charge is -2.34. The Morgan fingerprint density at radius 1 is 1.07 bits per heavy atom. The van der Waals surface area contributed by atoms with Crippen LogP contribution in [-0.2, 0) is 9.59 Å². The number of amides is 1. The van der Waals surface area contributed by atoms with Crippen LogP contribution in [0.25, 0.3) is 5.76 Å². The number of rotatable bonds is 3. The van der Waals surface area contributed by atoms with Crippen molar-refractivity contribution in [3.05, 3.63) is 51.7 Å². The van der Waals surface area contributed by atoms with Gasteiger partial charge in [-0.3, -0.25) is 9.59 Å². The van der Waals surface area contributed by atoms with Crippen LogP contribution in [0.3, 0.4) is 0 Å². The molecule has 7 heteroatoms. The van der Waals surface area contributed by atoms with E-state index in [-0.39, 0.29) is 24.2 Å². The Labute approximate surface area is 172 Å². The number of aliphatic hydroxyl groups excluding tert-OH is 1. The Balaban J connectivity index is 1.62. The van der Waals surface area contributed by atoms with Crippen LogP contribution in [0.15, 0.2) is 41.3 Å². The first-order valence-corrected chi connectivity index (χ1v) is 10.8. The van der Waals surface area contributed by atoms with Crippen molar-refractivity contribution in [1.29, 1.82) is 0 Å². The Hall–Kier alpha value is -2.80. The van der Waals surface area contributed by atoms with Crippen LogP contribution in [0.2, 0.25) is 0 Å². The van der Waals surface area contributed by atoms with Crippen LogP contribution < -0.4 is 9.47 Å². The zero-order chi connectivity index (χ0) is 20.0. The van der Waals surface area contributed by atoms with Gasteiger partial charge in [-0.25, -0.2) is 0 Å². The Morgan fingerprint density at radius 2 is 1.86 bits per heavy atom. The third kappa shape index (κ3) is 3.00. The number of ether oxygens (including phenoxy) is 2. The monoisotopic (exact) mass is 411 g/mol. The summed E-state index contributed by atoms with van der Waals surface area (Å²) in [6.45, 7) is 0.126. The predicted molar refractivity (Wildman–Crippen MR) is 108 cm³/mol. The predicted octanol–water partition coefficient (Wildman–Crippen LogP) is 4.23. The van der Waals surface area contributed by atoms with Gasteiger partial charge in [0.1, 0.15) is 5.76 Å². The molecule has 1 saturated heterocycles. The van der Waals surface area contributed by atoms with E-state index in [4.69, 9.17) is 9.47 Å². The second-order valence-corrected chi connectivity index (χ2v) is 8.56. The summed E-state index contributed by atoms with van der Waals surface area (Å²) in [6.07, 6.45) is 5.03. The second kappa shape index (κ2) is 7.22. The number of hydrogen-bond acceptors (Lipinski definition) is 6. The third-order valence-electron chi connectivity index (χ3n) is 5.91. The maximum atomic E-state index is 13.1. The summed E-state index contributed by atoms with van der Waals surface area (Å²) >= 11 is 1.49. The van der Waals surface area contributed by atoms with E-state index < -0.39 is 17.7 Å².